The average molecular weight is 295 g/mol. The molecule has 1 aromatic carbocycles. The maximum absolute atomic E-state index is 13.9. The van der Waals surface area contributed by atoms with Gasteiger partial charge in [0, 0.05) is 0 Å². The summed E-state index contributed by atoms with van der Waals surface area (Å²) >= 11 is 0. The zero-order valence-corrected chi connectivity index (χ0v) is 13.0. The molecule has 0 aliphatic carbocycles. The van der Waals surface area contributed by atoms with Crippen molar-refractivity contribution in [3.05, 3.63) is 35.1 Å². The van der Waals surface area contributed by atoms with Crippen LogP contribution in [0.5, 0.6) is 0 Å². The van der Waals surface area contributed by atoms with Crippen molar-refractivity contribution >= 4 is 11.9 Å². The van der Waals surface area contributed by atoms with Crippen molar-refractivity contribution in [1.29, 1.82) is 0 Å². The lowest BCUT2D eigenvalue weighted by molar-refractivity contribution is -0.145. The lowest BCUT2D eigenvalue weighted by atomic mass is 9.88. The molecule has 1 atom stereocenters. The van der Waals surface area contributed by atoms with E-state index in [2.05, 4.69) is 5.32 Å². The number of aliphatic carboxylic acids is 1. The summed E-state index contributed by atoms with van der Waals surface area (Å²) in [5.74, 6) is -2.71. The van der Waals surface area contributed by atoms with Crippen LogP contribution in [0.4, 0.5) is 4.39 Å². The molecule has 0 aliphatic rings. The second kappa shape index (κ2) is 6.24. The predicted octanol–water partition coefficient (Wildman–Crippen LogP) is 3.18. The minimum absolute atomic E-state index is 0.130. The first-order valence-corrected chi connectivity index (χ1v) is 6.95. The van der Waals surface area contributed by atoms with Gasteiger partial charge in [-0.2, -0.15) is 0 Å². The number of rotatable bonds is 5. The summed E-state index contributed by atoms with van der Waals surface area (Å²) in [6.07, 6.45) is 0. The van der Waals surface area contributed by atoms with Crippen molar-refractivity contribution in [2.24, 2.45) is 5.92 Å². The molecule has 0 saturated heterocycles. The highest BCUT2D eigenvalue weighted by Gasteiger charge is 2.38. The maximum atomic E-state index is 13.9. The maximum Gasteiger partial charge on any atom is 0.329 e. The van der Waals surface area contributed by atoms with E-state index < -0.39 is 23.2 Å². The fraction of sp³-hybridized carbons (Fsp3) is 0.500. The lowest BCUT2D eigenvalue weighted by Crippen LogP contribution is -2.56. The Labute approximate surface area is 124 Å². The van der Waals surface area contributed by atoms with E-state index in [-0.39, 0.29) is 17.4 Å². The van der Waals surface area contributed by atoms with E-state index in [4.69, 9.17) is 0 Å². The first-order chi connectivity index (χ1) is 9.59. The molecule has 1 rings (SSSR count). The molecule has 116 valence electrons. The Kier molecular flexibility index (Phi) is 5.10. The SMILES string of the molecule is CC(C)c1ccc(F)c(C(=O)N[C@@](C)(C(=O)O)C(C)C)c1. The molecular formula is C16H22FNO3. The number of hydrogen-bond acceptors (Lipinski definition) is 2. The zero-order chi connectivity index (χ0) is 16.4. The fourth-order valence-corrected chi connectivity index (χ4v) is 1.82. The fourth-order valence-electron chi connectivity index (χ4n) is 1.82. The number of benzene rings is 1. The summed E-state index contributed by atoms with van der Waals surface area (Å²) in [5.41, 5.74) is -0.755. The summed E-state index contributed by atoms with van der Waals surface area (Å²) in [6.45, 7) is 8.67. The van der Waals surface area contributed by atoms with E-state index in [1.165, 1.54) is 19.1 Å². The Morgan fingerprint density at radius 1 is 1.24 bits per heavy atom. The third-order valence-corrected chi connectivity index (χ3v) is 3.87. The molecule has 0 saturated carbocycles. The Hall–Kier alpha value is -1.91. The molecule has 1 aromatic rings. The predicted molar refractivity (Wildman–Crippen MR) is 78.8 cm³/mol. The quantitative estimate of drug-likeness (QED) is 0.876. The molecule has 0 heterocycles. The Morgan fingerprint density at radius 2 is 1.81 bits per heavy atom. The summed E-state index contributed by atoms with van der Waals surface area (Å²) < 4.78 is 13.9. The van der Waals surface area contributed by atoms with Crippen LogP contribution in [0.1, 0.15) is 56.5 Å². The Balaban J connectivity index is 3.14. The molecule has 0 spiro atoms. The smallest absolute Gasteiger partial charge is 0.329 e. The van der Waals surface area contributed by atoms with Gasteiger partial charge in [-0.1, -0.05) is 33.8 Å². The summed E-state index contributed by atoms with van der Waals surface area (Å²) in [4.78, 5) is 23.6. The zero-order valence-electron chi connectivity index (χ0n) is 13.0. The van der Waals surface area contributed by atoms with Crippen LogP contribution in [-0.4, -0.2) is 22.5 Å². The van der Waals surface area contributed by atoms with Gasteiger partial charge in [0.1, 0.15) is 11.4 Å². The molecule has 21 heavy (non-hydrogen) atoms. The molecule has 1 amide bonds. The number of carbonyl (C=O) groups excluding carboxylic acids is 1. The van der Waals surface area contributed by atoms with E-state index in [0.717, 1.165) is 5.56 Å². The number of carboxylic acids is 1. The average Bonchev–Trinajstić information content (AvgIpc) is 2.37. The molecule has 0 unspecified atom stereocenters. The van der Waals surface area contributed by atoms with Gasteiger partial charge in [-0.05, 0) is 36.5 Å². The number of amides is 1. The van der Waals surface area contributed by atoms with Gasteiger partial charge in [-0.15, -0.1) is 0 Å². The van der Waals surface area contributed by atoms with E-state index in [0.29, 0.717) is 0 Å². The summed E-state index contributed by atoms with van der Waals surface area (Å²) in [7, 11) is 0. The second-order valence-electron chi connectivity index (χ2n) is 6.01. The number of nitrogens with one attached hydrogen (secondary N) is 1. The molecule has 0 fully saturated rings. The molecule has 2 N–H and O–H groups in total. The van der Waals surface area contributed by atoms with Crippen LogP contribution >= 0.6 is 0 Å². The van der Waals surface area contributed by atoms with Crippen molar-refractivity contribution in [2.45, 2.75) is 46.1 Å². The monoisotopic (exact) mass is 295 g/mol. The van der Waals surface area contributed by atoms with E-state index in [9.17, 15) is 19.1 Å². The molecule has 0 radical (unpaired) electrons. The van der Waals surface area contributed by atoms with Crippen LogP contribution < -0.4 is 5.32 Å². The first kappa shape index (κ1) is 17.1. The molecule has 0 aliphatic heterocycles. The van der Waals surface area contributed by atoms with Gasteiger partial charge in [-0.3, -0.25) is 4.79 Å². The molecule has 4 nitrogen and oxygen atoms in total. The number of carbonyl (C=O) groups is 2. The third-order valence-electron chi connectivity index (χ3n) is 3.87. The number of carboxylic acid groups (broad SMARTS) is 1. The van der Waals surface area contributed by atoms with Crippen LogP contribution in [0.15, 0.2) is 18.2 Å². The highest BCUT2D eigenvalue weighted by Crippen LogP contribution is 2.21. The van der Waals surface area contributed by atoms with E-state index in [1.54, 1.807) is 19.9 Å². The highest BCUT2D eigenvalue weighted by molar-refractivity contribution is 5.98. The number of hydrogen-bond donors (Lipinski definition) is 2. The topological polar surface area (TPSA) is 66.4 Å². The normalized spacial score (nSPS) is 14.1. The molecular weight excluding hydrogens is 273 g/mol. The first-order valence-electron chi connectivity index (χ1n) is 6.95. The Morgan fingerprint density at radius 3 is 2.24 bits per heavy atom. The summed E-state index contributed by atoms with van der Waals surface area (Å²) in [5, 5.41) is 11.7. The molecule has 5 heteroatoms. The van der Waals surface area contributed by atoms with Gasteiger partial charge in [-0.25, -0.2) is 9.18 Å². The summed E-state index contributed by atoms with van der Waals surface area (Å²) in [6, 6.07) is 4.32. The standard InChI is InChI=1S/C16H22FNO3/c1-9(2)11-6-7-13(17)12(8-11)14(19)18-16(5,10(3)4)15(20)21/h6-10H,1-5H3,(H,18,19)(H,20,21)/t16-/m1/s1. The van der Waals surface area contributed by atoms with Crippen LogP contribution in [0, 0.1) is 11.7 Å². The van der Waals surface area contributed by atoms with Gasteiger partial charge >= 0.3 is 5.97 Å². The molecule has 0 bridgehead atoms. The van der Waals surface area contributed by atoms with Crippen LogP contribution in [0.3, 0.4) is 0 Å². The lowest BCUT2D eigenvalue weighted by Gasteiger charge is -2.30. The minimum Gasteiger partial charge on any atom is -0.480 e. The third kappa shape index (κ3) is 3.60. The minimum atomic E-state index is -1.45. The van der Waals surface area contributed by atoms with Crippen molar-refractivity contribution in [3.63, 3.8) is 0 Å². The van der Waals surface area contributed by atoms with Crippen LogP contribution in [0.2, 0.25) is 0 Å². The van der Waals surface area contributed by atoms with Gasteiger partial charge < -0.3 is 10.4 Å². The van der Waals surface area contributed by atoms with Crippen molar-refractivity contribution in [2.75, 3.05) is 0 Å². The van der Waals surface area contributed by atoms with Gasteiger partial charge in [0.15, 0.2) is 0 Å². The van der Waals surface area contributed by atoms with E-state index >= 15 is 0 Å². The second-order valence-corrected chi connectivity index (χ2v) is 6.01. The van der Waals surface area contributed by atoms with E-state index in [1.807, 2.05) is 13.8 Å². The van der Waals surface area contributed by atoms with Crippen molar-refractivity contribution in [1.82, 2.24) is 5.32 Å². The van der Waals surface area contributed by atoms with Crippen LogP contribution in [0.25, 0.3) is 0 Å². The number of halogens is 1. The Bertz CT molecular complexity index is 554. The van der Waals surface area contributed by atoms with Gasteiger partial charge in [0.2, 0.25) is 0 Å². The van der Waals surface area contributed by atoms with Gasteiger partial charge in [0.25, 0.3) is 5.91 Å². The van der Waals surface area contributed by atoms with Crippen molar-refractivity contribution < 1.29 is 19.1 Å². The largest absolute Gasteiger partial charge is 0.480 e. The van der Waals surface area contributed by atoms with Crippen LogP contribution in [-0.2, 0) is 4.79 Å². The highest BCUT2D eigenvalue weighted by atomic mass is 19.1. The molecule has 0 aromatic heterocycles. The van der Waals surface area contributed by atoms with Gasteiger partial charge in [0.05, 0.1) is 5.56 Å². The van der Waals surface area contributed by atoms with Crippen molar-refractivity contribution in [3.8, 4) is 0 Å².